The average Bonchev–Trinajstić information content (AvgIpc) is 2.96. The van der Waals surface area contributed by atoms with Crippen molar-refractivity contribution in [2.24, 2.45) is 0 Å². The Morgan fingerprint density at radius 1 is 1.22 bits per heavy atom. The number of fused-ring (bicyclic) bond motifs is 1. The molecule has 0 saturated heterocycles. The highest BCUT2D eigenvalue weighted by molar-refractivity contribution is 7.19. The minimum Gasteiger partial charge on any atom is -0.476 e. The fourth-order valence-electron chi connectivity index (χ4n) is 2.05. The number of rotatable bonds is 4. The molecule has 3 rings (SSSR count). The molecule has 0 bridgehead atoms. The molecule has 0 radical (unpaired) electrons. The second-order valence-electron chi connectivity index (χ2n) is 4.96. The van der Waals surface area contributed by atoms with Crippen molar-refractivity contribution in [3.8, 4) is 11.8 Å². The summed E-state index contributed by atoms with van der Waals surface area (Å²) in [5, 5.41) is 10.4. The number of thiazole rings is 1. The van der Waals surface area contributed by atoms with Crippen molar-refractivity contribution in [1.29, 1.82) is 5.26 Å². The smallest absolute Gasteiger partial charge is 0.181 e. The lowest BCUT2D eigenvalue weighted by Crippen LogP contribution is -2.07. The van der Waals surface area contributed by atoms with Gasteiger partial charge in [0.25, 0.3) is 0 Å². The van der Waals surface area contributed by atoms with Gasteiger partial charge in [-0.15, -0.1) is 11.3 Å². The molecule has 0 amide bonds. The third-order valence-electron chi connectivity index (χ3n) is 3.16. The van der Waals surface area contributed by atoms with Gasteiger partial charge in [0.05, 0.1) is 10.2 Å². The third-order valence-corrected chi connectivity index (χ3v) is 4.40. The molecule has 0 N–H and O–H groups in total. The lowest BCUT2D eigenvalue weighted by atomic mass is 10.2. The molecule has 1 unspecified atom stereocenters. The number of aromatic nitrogens is 1. The molecule has 5 heteroatoms. The van der Waals surface area contributed by atoms with Gasteiger partial charge in [-0.25, -0.2) is 4.98 Å². The molecule has 23 heavy (non-hydrogen) atoms. The van der Waals surface area contributed by atoms with Gasteiger partial charge in [0.15, 0.2) is 6.10 Å². The van der Waals surface area contributed by atoms with Crippen LogP contribution in [0.5, 0.6) is 5.75 Å². The molecule has 1 aromatic heterocycles. The van der Waals surface area contributed by atoms with E-state index in [1.807, 2.05) is 60.7 Å². The van der Waals surface area contributed by atoms with Crippen LogP contribution in [0.4, 0.5) is 0 Å². The highest BCUT2D eigenvalue weighted by Gasteiger charge is 2.03. The quantitative estimate of drug-likeness (QED) is 0.637. The Morgan fingerprint density at radius 3 is 2.74 bits per heavy atom. The normalized spacial score (nSPS) is 12.4. The third kappa shape index (κ3) is 3.89. The predicted molar refractivity (Wildman–Crippen MR) is 95.7 cm³/mol. The van der Waals surface area contributed by atoms with E-state index in [0.29, 0.717) is 10.8 Å². The van der Waals surface area contributed by atoms with Gasteiger partial charge in [-0.1, -0.05) is 29.8 Å². The molecule has 2 aromatic carbocycles. The van der Waals surface area contributed by atoms with E-state index in [4.69, 9.17) is 21.6 Å². The molecule has 3 aromatic rings. The monoisotopic (exact) mass is 340 g/mol. The number of hydrogen-bond acceptors (Lipinski definition) is 4. The minimum absolute atomic E-state index is 0.453. The molecule has 0 spiro atoms. The number of benzene rings is 2. The molecule has 0 saturated carbocycles. The van der Waals surface area contributed by atoms with Crippen LogP contribution in [0.25, 0.3) is 22.4 Å². The zero-order valence-corrected chi connectivity index (χ0v) is 13.9. The van der Waals surface area contributed by atoms with E-state index < -0.39 is 6.10 Å². The van der Waals surface area contributed by atoms with Crippen LogP contribution in [-0.4, -0.2) is 11.1 Å². The number of halogens is 1. The molecular formula is C18H13ClN2OS. The topological polar surface area (TPSA) is 45.9 Å². The first-order chi connectivity index (χ1) is 11.1. The summed E-state index contributed by atoms with van der Waals surface area (Å²) >= 11 is 7.60. The predicted octanol–water partition coefficient (Wildman–Crippen LogP) is 5.41. The van der Waals surface area contributed by atoms with Gasteiger partial charge in [-0.3, -0.25) is 0 Å². The van der Waals surface area contributed by atoms with Gasteiger partial charge < -0.3 is 4.74 Å². The van der Waals surface area contributed by atoms with E-state index in [2.05, 4.69) is 4.98 Å². The first-order valence-corrected chi connectivity index (χ1v) is 8.24. The molecule has 3 nitrogen and oxygen atoms in total. The van der Waals surface area contributed by atoms with E-state index in [1.54, 1.807) is 18.3 Å². The van der Waals surface area contributed by atoms with Crippen LogP contribution < -0.4 is 4.74 Å². The molecule has 0 aliphatic rings. The maximum absolute atomic E-state index is 8.74. The van der Waals surface area contributed by atoms with Crippen molar-refractivity contribution in [2.75, 3.05) is 0 Å². The summed E-state index contributed by atoms with van der Waals surface area (Å²) in [4.78, 5) is 4.54. The summed E-state index contributed by atoms with van der Waals surface area (Å²) in [6, 6.07) is 15.4. The summed E-state index contributed by atoms with van der Waals surface area (Å²) < 4.78 is 6.54. The van der Waals surface area contributed by atoms with E-state index in [1.165, 1.54) is 0 Å². The lowest BCUT2D eigenvalue weighted by Gasteiger charge is -2.07. The Hall–Kier alpha value is -2.35. The highest BCUT2D eigenvalue weighted by atomic mass is 35.5. The summed E-state index contributed by atoms with van der Waals surface area (Å²) in [6.07, 6.45) is 3.52. The Labute approximate surface area is 143 Å². The van der Waals surface area contributed by atoms with Gasteiger partial charge in [-0.05, 0) is 48.9 Å². The summed E-state index contributed by atoms with van der Waals surface area (Å²) in [7, 11) is 0. The zero-order valence-electron chi connectivity index (χ0n) is 12.4. The molecule has 0 aliphatic carbocycles. The summed E-state index contributed by atoms with van der Waals surface area (Å²) in [5.41, 5.74) is 1.95. The van der Waals surface area contributed by atoms with Crippen LogP contribution in [0.1, 0.15) is 17.5 Å². The highest BCUT2D eigenvalue weighted by Crippen LogP contribution is 2.26. The van der Waals surface area contributed by atoms with Crippen LogP contribution >= 0.6 is 22.9 Å². The van der Waals surface area contributed by atoms with Crippen LogP contribution in [0.2, 0.25) is 5.02 Å². The van der Waals surface area contributed by atoms with Crippen molar-refractivity contribution in [1.82, 2.24) is 4.98 Å². The fraction of sp³-hybridized carbons (Fsp3) is 0.111. The molecule has 1 atom stereocenters. The Bertz CT molecular complexity index is 894. The van der Waals surface area contributed by atoms with Crippen molar-refractivity contribution in [3.05, 3.63) is 58.1 Å². The Morgan fingerprint density at radius 2 is 2.00 bits per heavy atom. The molecular weight excluding hydrogens is 328 g/mol. The van der Waals surface area contributed by atoms with Crippen LogP contribution in [0.15, 0.2) is 42.5 Å². The van der Waals surface area contributed by atoms with Gasteiger partial charge in [0.1, 0.15) is 16.8 Å². The van der Waals surface area contributed by atoms with E-state index in [-0.39, 0.29) is 0 Å². The van der Waals surface area contributed by atoms with Gasteiger partial charge >= 0.3 is 0 Å². The second kappa shape index (κ2) is 6.82. The summed E-state index contributed by atoms with van der Waals surface area (Å²) in [5.74, 6) is 0.686. The Kier molecular flexibility index (Phi) is 4.61. The van der Waals surface area contributed by atoms with E-state index in [0.717, 1.165) is 20.8 Å². The molecule has 1 heterocycles. The number of nitriles is 1. The van der Waals surface area contributed by atoms with Gasteiger partial charge in [-0.2, -0.15) is 5.26 Å². The maximum atomic E-state index is 8.74. The molecule has 0 fully saturated rings. The number of hydrogen-bond donors (Lipinski definition) is 0. The fourth-order valence-corrected chi connectivity index (χ4v) is 3.06. The van der Waals surface area contributed by atoms with Crippen molar-refractivity contribution in [2.45, 2.75) is 13.0 Å². The average molecular weight is 341 g/mol. The molecule has 0 aliphatic heterocycles. The minimum atomic E-state index is -0.453. The van der Waals surface area contributed by atoms with Crippen molar-refractivity contribution < 1.29 is 4.74 Å². The maximum Gasteiger partial charge on any atom is 0.181 e. The van der Waals surface area contributed by atoms with Crippen molar-refractivity contribution in [3.63, 3.8) is 0 Å². The van der Waals surface area contributed by atoms with Gasteiger partial charge in [0.2, 0.25) is 0 Å². The number of nitrogens with zero attached hydrogens (tertiary/aromatic N) is 2. The standard InChI is InChI=1S/C18H13ClN2OS/c1-12(11-20)22-15-6-2-13(3-7-15)4-9-18-21-16-10-14(19)5-8-17(16)23-18/h2-10,12H,1H3/b9-4+. The van der Waals surface area contributed by atoms with Crippen LogP contribution in [0.3, 0.4) is 0 Å². The number of ether oxygens (including phenoxy) is 1. The van der Waals surface area contributed by atoms with Crippen LogP contribution in [0, 0.1) is 11.3 Å². The SMILES string of the molecule is CC(C#N)Oc1ccc(/C=C/c2nc3cc(Cl)ccc3s2)cc1. The van der Waals surface area contributed by atoms with Crippen LogP contribution in [-0.2, 0) is 0 Å². The Balaban J connectivity index is 1.75. The molecule has 114 valence electrons. The zero-order chi connectivity index (χ0) is 16.2. The van der Waals surface area contributed by atoms with Crippen molar-refractivity contribution >= 4 is 45.3 Å². The second-order valence-corrected chi connectivity index (χ2v) is 6.45. The van der Waals surface area contributed by atoms with E-state index in [9.17, 15) is 0 Å². The largest absolute Gasteiger partial charge is 0.476 e. The summed E-state index contributed by atoms with van der Waals surface area (Å²) in [6.45, 7) is 1.72. The van der Waals surface area contributed by atoms with Gasteiger partial charge in [0, 0.05) is 5.02 Å². The first kappa shape index (κ1) is 15.5. The first-order valence-electron chi connectivity index (χ1n) is 7.04. The lowest BCUT2D eigenvalue weighted by molar-refractivity contribution is 0.276. The van der Waals surface area contributed by atoms with E-state index >= 15 is 0 Å².